The Bertz CT molecular complexity index is 719. The van der Waals surface area contributed by atoms with E-state index in [0.29, 0.717) is 5.13 Å². The summed E-state index contributed by atoms with van der Waals surface area (Å²) in [6.45, 7) is 4.04. The predicted molar refractivity (Wildman–Crippen MR) is 82.4 cm³/mol. The number of thiazole rings is 1. The van der Waals surface area contributed by atoms with Crippen LogP contribution in [-0.4, -0.2) is 22.0 Å². The van der Waals surface area contributed by atoms with Crippen molar-refractivity contribution < 1.29 is 14.7 Å². The number of aromatic nitrogens is 1. The summed E-state index contributed by atoms with van der Waals surface area (Å²) in [4.78, 5) is 26.2. The molecule has 0 aliphatic rings. The summed E-state index contributed by atoms with van der Waals surface area (Å²) in [5.41, 5.74) is 4.09. The highest BCUT2D eigenvalue weighted by atomic mass is 32.1. The van der Waals surface area contributed by atoms with E-state index < -0.39 is 11.9 Å². The van der Waals surface area contributed by atoms with E-state index in [4.69, 9.17) is 5.11 Å². The number of aliphatic carboxylic acids is 1. The fraction of sp³-hybridized carbons (Fsp3) is 0.133. The van der Waals surface area contributed by atoms with Gasteiger partial charge in [-0.2, -0.15) is 0 Å². The van der Waals surface area contributed by atoms with E-state index >= 15 is 0 Å². The van der Waals surface area contributed by atoms with E-state index in [9.17, 15) is 9.59 Å². The van der Waals surface area contributed by atoms with Crippen LogP contribution < -0.4 is 5.32 Å². The summed E-state index contributed by atoms with van der Waals surface area (Å²) in [7, 11) is 0. The summed E-state index contributed by atoms with van der Waals surface area (Å²) in [6.07, 6.45) is 1.74. The number of carbonyl (C=O) groups is 2. The molecule has 0 radical (unpaired) electrons. The lowest BCUT2D eigenvalue weighted by molar-refractivity contribution is -0.131. The number of nitrogens with one attached hydrogen (secondary N) is 1. The van der Waals surface area contributed by atoms with Gasteiger partial charge in [0.1, 0.15) is 0 Å². The highest BCUT2D eigenvalue weighted by molar-refractivity contribution is 7.14. The molecule has 0 fully saturated rings. The van der Waals surface area contributed by atoms with E-state index in [1.54, 1.807) is 0 Å². The average Bonchev–Trinajstić information content (AvgIpc) is 2.84. The zero-order valence-electron chi connectivity index (χ0n) is 11.6. The summed E-state index contributed by atoms with van der Waals surface area (Å²) in [5.74, 6) is -1.68. The Kier molecular flexibility index (Phi) is 4.49. The Morgan fingerprint density at radius 1 is 1.29 bits per heavy atom. The van der Waals surface area contributed by atoms with Gasteiger partial charge in [0.15, 0.2) is 5.13 Å². The number of amides is 1. The van der Waals surface area contributed by atoms with Crippen LogP contribution in [0, 0.1) is 13.8 Å². The predicted octanol–water partition coefficient (Wildman–Crippen LogP) is 3.01. The SMILES string of the molecule is Cc1ccc(-c2csc(NC(=O)/C=C/C(=O)O)n2)c(C)c1. The molecule has 108 valence electrons. The van der Waals surface area contributed by atoms with Crippen molar-refractivity contribution >= 4 is 28.3 Å². The van der Waals surface area contributed by atoms with Crippen LogP contribution >= 0.6 is 11.3 Å². The van der Waals surface area contributed by atoms with E-state index in [-0.39, 0.29) is 0 Å². The van der Waals surface area contributed by atoms with E-state index in [0.717, 1.165) is 29.0 Å². The molecule has 2 N–H and O–H groups in total. The van der Waals surface area contributed by atoms with Crippen molar-refractivity contribution in [1.29, 1.82) is 0 Å². The molecule has 5 nitrogen and oxygen atoms in total. The number of carboxylic acid groups (broad SMARTS) is 1. The summed E-state index contributed by atoms with van der Waals surface area (Å²) in [6, 6.07) is 6.08. The van der Waals surface area contributed by atoms with Crippen LogP contribution in [0.2, 0.25) is 0 Å². The molecule has 21 heavy (non-hydrogen) atoms. The lowest BCUT2D eigenvalue weighted by Crippen LogP contribution is -2.08. The van der Waals surface area contributed by atoms with Crippen molar-refractivity contribution in [3.8, 4) is 11.3 Å². The van der Waals surface area contributed by atoms with Crippen molar-refractivity contribution in [3.63, 3.8) is 0 Å². The van der Waals surface area contributed by atoms with Gasteiger partial charge in [0, 0.05) is 23.1 Å². The van der Waals surface area contributed by atoms with Crippen LogP contribution in [0.5, 0.6) is 0 Å². The van der Waals surface area contributed by atoms with Gasteiger partial charge in [0.2, 0.25) is 5.91 Å². The third-order valence-electron chi connectivity index (χ3n) is 2.77. The number of benzene rings is 1. The Morgan fingerprint density at radius 2 is 2.05 bits per heavy atom. The quantitative estimate of drug-likeness (QED) is 0.851. The van der Waals surface area contributed by atoms with Crippen LogP contribution in [-0.2, 0) is 9.59 Å². The number of carbonyl (C=O) groups excluding carboxylic acids is 1. The first-order valence-corrected chi connectivity index (χ1v) is 7.09. The zero-order chi connectivity index (χ0) is 15.4. The third-order valence-corrected chi connectivity index (χ3v) is 3.53. The first-order valence-electron chi connectivity index (χ1n) is 6.21. The molecule has 0 bridgehead atoms. The molecule has 2 rings (SSSR count). The monoisotopic (exact) mass is 302 g/mol. The van der Waals surface area contributed by atoms with Gasteiger partial charge in [0.25, 0.3) is 0 Å². The molecule has 1 aromatic heterocycles. The van der Waals surface area contributed by atoms with Crippen LogP contribution in [0.3, 0.4) is 0 Å². The first-order chi connectivity index (χ1) is 9.95. The van der Waals surface area contributed by atoms with Crippen molar-refractivity contribution in [2.45, 2.75) is 13.8 Å². The number of anilines is 1. The number of rotatable bonds is 4. The molecule has 0 aliphatic heterocycles. The van der Waals surface area contributed by atoms with Gasteiger partial charge in [0.05, 0.1) is 5.69 Å². The van der Waals surface area contributed by atoms with Crippen molar-refractivity contribution in [2.24, 2.45) is 0 Å². The van der Waals surface area contributed by atoms with E-state index in [2.05, 4.69) is 16.4 Å². The number of nitrogens with zero attached hydrogens (tertiary/aromatic N) is 1. The van der Waals surface area contributed by atoms with Gasteiger partial charge in [-0.15, -0.1) is 11.3 Å². The maximum atomic E-state index is 11.5. The molecule has 0 unspecified atom stereocenters. The fourth-order valence-corrected chi connectivity index (χ4v) is 2.56. The van der Waals surface area contributed by atoms with Crippen molar-refractivity contribution in [3.05, 3.63) is 46.9 Å². The molecule has 0 saturated heterocycles. The van der Waals surface area contributed by atoms with E-state index in [1.807, 2.05) is 31.4 Å². The third kappa shape index (κ3) is 4.00. The summed E-state index contributed by atoms with van der Waals surface area (Å²) in [5, 5.41) is 13.3. The molecule has 0 spiro atoms. The Balaban J connectivity index is 2.15. The number of aryl methyl sites for hydroxylation is 2. The second-order valence-electron chi connectivity index (χ2n) is 4.52. The minimum Gasteiger partial charge on any atom is -0.478 e. The topological polar surface area (TPSA) is 79.3 Å². The van der Waals surface area contributed by atoms with Gasteiger partial charge in [-0.25, -0.2) is 9.78 Å². The van der Waals surface area contributed by atoms with Crippen LogP contribution in [0.25, 0.3) is 11.3 Å². The van der Waals surface area contributed by atoms with Crippen LogP contribution in [0.4, 0.5) is 5.13 Å². The van der Waals surface area contributed by atoms with Gasteiger partial charge in [-0.1, -0.05) is 23.8 Å². The summed E-state index contributed by atoms with van der Waals surface area (Å²) < 4.78 is 0. The maximum Gasteiger partial charge on any atom is 0.328 e. The van der Waals surface area contributed by atoms with Crippen LogP contribution in [0.15, 0.2) is 35.7 Å². The smallest absolute Gasteiger partial charge is 0.328 e. The number of hydrogen-bond donors (Lipinski definition) is 2. The largest absolute Gasteiger partial charge is 0.478 e. The molecule has 1 aromatic carbocycles. The highest BCUT2D eigenvalue weighted by Gasteiger charge is 2.08. The molecule has 6 heteroatoms. The van der Waals surface area contributed by atoms with Gasteiger partial charge >= 0.3 is 5.97 Å². The molecule has 2 aromatic rings. The van der Waals surface area contributed by atoms with Gasteiger partial charge in [-0.05, 0) is 19.4 Å². The molecular weight excluding hydrogens is 288 g/mol. The standard InChI is InChI=1S/C15H14N2O3S/c1-9-3-4-11(10(2)7-9)12-8-21-15(16-12)17-13(18)5-6-14(19)20/h3-8H,1-2H3,(H,19,20)(H,16,17,18)/b6-5+. The molecule has 1 heterocycles. The highest BCUT2D eigenvalue weighted by Crippen LogP contribution is 2.27. The molecule has 0 aliphatic carbocycles. The minimum absolute atomic E-state index is 0.435. The molecule has 0 atom stereocenters. The van der Waals surface area contributed by atoms with Crippen molar-refractivity contribution in [2.75, 3.05) is 5.32 Å². The van der Waals surface area contributed by atoms with Gasteiger partial charge in [-0.3, -0.25) is 10.1 Å². The Morgan fingerprint density at radius 3 is 2.71 bits per heavy atom. The molecule has 1 amide bonds. The second-order valence-corrected chi connectivity index (χ2v) is 5.38. The zero-order valence-corrected chi connectivity index (χ0v) is 12.4. The molecular formula is C15H14N2O3S. The lowest BCUT2D eigenvalue weighted by Gasteiger charge is -2.03. The normalized spacial score (nSPS) is 10.8. The second kappa shape index (κ2) is 6.32. The van der Waals surface area contributed by atoms with Crippen LogP contribution in [0.1, 0.15) is 11.1 Å². The summed E-state index contributed by atoms with van der Waals surface area (Å²) >= 11 is 1.30. The lowest BCUT2D eigenvalue weighted by atomic mass is 10.0. The maximum absolute atomic E-state index is 11.5. The fourth-order valence-electron chi connectivity index (χ4n) is 1.85. The average molecular weight is 302 g/mol. The number of carboxylic acids is 1. The molecule has 0 saturated carbocycles. The van der Waals surface area contributed by atoms with Gasteiger partial charge < -0.3 is 5.11 Å². The van der Waals surface area contributed by atoms with Crippen molar-refractivity contribution in [1.82, 2.24) is 4.98 Å². The Hall–Kier alpha value is -2.47. The minimum atomic E-state index is -1.17. The first kappa shape index (κ1) is 14.9. The van der Waals surface area contributed by atoms with E-state index in [1.165, 1.54) is 16.9 Å². The number of hydrogen-bond acceptors (Lipinski definition) is 4. The Labute approximate surface area is 126 Å².